The molecule has 6 nitrogen and oxygen atoms in total. The first kappa shape index (κ1) is 19.4. The summed E-state index contributed by atoms with van der Waals surface area (Å²) in [6, 6.07) is 19.1. The highest BCUT2D eigenvalue weighted by Gasteiger charge is 2.38. The standard InChI is InChI=1S/C21H25NO5/c23-13-18-11-22(21(25)27-15-17-9-5-2-6-10-17)12-19(20(18)24)26-14-16-7-3-1-4-8-16/h1-10,18-20,23-24H,11-15H2/t18-,19-,20-/m1/s1. The van der Waals surface area contributed by atoms with Gasteiger partial charge in [0.2, 0.25) is 0 Å². The van der Waals surface area contributed by atoms with E-state index in [1.54, 1.807) is 0 Å². The molecule has 3 rings (SSSR count). The zero-order chi connectivity index (χ0) is 19.1. The van der Waals surface area contributed by atoms with Gasteiger partial charge in [0.25, 0.3) is 0 Å². The number of ether oxygens (including phenoxy) is 2. The largest absolute Gasteiger partial charge is 0.445 e. The average Bonchev–Trinajstić information content (AvgIpc) is 2.72. The molecule has 1 saturated heterocycles. The monoisotopic (exact) mass is 371 g/mol. The van der Waals surface area contributed by atoms with Crippen LogP contribution in [0.25, 0.3) is 0 Å². The molecule has 0 radical (unpaired) electrons. The number of rotatable bonds is 6. The third-order valence-corrected chi connectivity index (χ3v) is 4.72. The molecule has 1 heterocycles. The highest BCUT2D eigenvalue weighted by molar-refractivity contribution is 5.68. The van der Waals surface area contributed by atoms with Crippen molar-refractivity contribution in [3.05, 3.63) is 71.8 Å². The molecule has 0 bridgehead atoms. The molecule has 2 aromatic carbocycles. The molecule has 0 saturated carbocycles. The third kappa shape index (κ3) is 5.29. The Morgan fingerprint density at radius 2 is 1.56 bits per heavy atom. The Morgan fingerprint density at radius 1 is 0.963 bits per heavy atom. The molecule has 144 valence electrons. The minimum atomic E-state index is -0.836. The molecule has 3 atom stereocenters. The first-order chi connectivity index (χ1) is 13.2. The van der Waals surface area contributed by atoms with Crippen molar-refractivity contribution < 1.29 is 24.5 Å². The van der Waals surface area contributed by atoms with E-state index in [-0.39, 0.29) is 26.3 Å². The molecule has 1 fully saturated rings. The van der Waals surface area contributed by atoms with Crippen LogP contribution in [-0.2, 0) is 22.7 Å². The Kier molecular flexibility index (Phi) is 6.81. The summed E-state index contributed by atoms with van der Waals surface area (Å²) in [5.41, 5.74) is 1.88. The van der Waals surface area contributed by atoms with E-state index in [1.807, 2.05) is 60.7 Å². The molecule has 2 N–H and O–H groups in total. The number of piperidine rings is 1. The van der Waals surface area contributed by atoms with Gasteiger partial charge in [-0.05, 0) is 11.1 Å². The van der Waals surface area contributed by atoms with Gasteiger partial charge in [0.05, 0.1) is 25.9 Å². The minimum absolute atomic E-state index is 0.179. The summed E-state index contributed by atoms with van der Waals surface area (Å²) < 4.78 is 11.2. The summed E-state index contributed by atoms with van der Waals surface area (Å²) in [4.78, 5) is 13.9. The molecule has 1 aliphatic heterocycles. The van der Waals surface area contributed by atoms with E-state index in [0.717, 1.165) is 11.1 Å². The summed E-state index contributed by atoms with van der Waals surface area (Å²) in [7, 11) is 0. The van der Waals surface area contributed by atoms with Crippen LogP contribution in [0.1, 0.15) is 11.1 Å². The smallest absolute Gasteiger partial charge is 0.410 e. The van der Waals surface area contributed by atoms with Gasteiger partial charge in [0, 0.05) is 12.5 Å². The Hall–Kier alpha value is -2.41. The van der Waals surface area contributed by atoms with Crippen molar-refractivity contribution in [3.63, 3.8) is 0 Å². The van der Waals surface area contributed by atoms with Gasteiger partial charge in [-0.25, -0.2) is 4.79 Å². The van der Waals surface area contributed by atoms with Crippen LogP contribution in [0.5, 0.6) is 0 Å². The second-order valence-corrected chi connectivity index (χ2v) is 6.71. The predicted octanol–water partition coefficient (Wildman–Crippen LogP) is 2.19. The van der Waals surface area contributed by atoms with Gasteiger partial charge in [-0.2, -0.15) is 0 Å². The Bertz CT molecular complexity index is 709. The first-order valence-electron chi connectivity index (χ1n) is 9.07. The highest BCUT2D eigenvalue weighted by Crippen LogP contribution is 2.22. The number of amides is 1. The van der Waals surface area contributed by atoms with Crippen molar-refractivity contribution in [2.45, 2.75) is 25.4 Å². The maximum absolute atomic E-state index is 12.4. The van der Waals surface area contributed by atoms with Crippen LogP contribution in [0.15, 0.2) is 60.7 Å². The maximum atomic E-state index is 12.4. The lowest BCUT2D eigenvalue weighted by atomic mass is 9.93. The van der Waals surface area contributed by atoms with Crippen molar-refractivity contribution in [3.8, 4) is 0 Å². The van der Waals surface area contributed by atoms with Gasteiger partial charge >= 0.3 is 6.09 Å². The summed E-state index contributed by atoms with van der Waals surface area (Å²) in [5, 5.41) is 20.0. The molecule has 0 spiro atoms. The van der Waals surface area contributed by atoms with E-state index in [4.69, 9.17) is 9.47 Å². The lowest BCUT2D eigenvalue weighted by Crippen LogP contribution is -2.56. The number of aliphatic hydroxyl groups excluding tert-OH is 2. The Morgan fingerprint density at radius 3 is 2.15 bits per heavy atom. The number of likely N-dealkylation sites (tertiary alicyclic amines) is 1. The second-order valence-electron chi connectivity index (χ2n) is 6.71. The van der Waals surface area contributed by atoms with Crippen LogP contribution in [0.3, 0.4) is 0 Å². The number of carbonyl (C=O) groups excluding carboxylic acids is 1. The van der Waals surface area contributed by atoms with Crippen molar-refractivity contribution in [1.29, 1.82) is 0 Å². The summed E-state index contributed by atoms with van der Waals surface area (Å²) >= 11 is 0. The number of nitrogens with zero attached hydrogens (tertiary/aromatic N) is 1. The van der Waals surface area contributed by atoms with Gasteiger partial charge in [0.1, 0.15) is 12.7 Å². The lowest BCUT2D eigenvalue weighted by Gasteiger charge is -2.40. The van der Waals surface area contributed by atoms with E-state index in [2.05, 4.69) is 0 Å². The Balaban J connectivity index is 1.58. The normalized spacial score (nSPS) is 22.4. The van der Waals surface area contributed by atoms with Crippen LogP contribution in [-0.4, -0.2) is 53.1 Å². The SMILES string of the molecule is O=C(OCc1ccccc1)N1C[C@H](CO)[C@@H](O)[C@H](OCc2ccccc2)C1. The highest BCUT2D eigenvalue weighted by atomic mass is 16.6. The zero-order valence-corrected chi connectivity index (χ0v) is 15.1. The van der Waals surface area contributed by atoms with Crippen LogP contribution in [0.4, 0.5) is 4.79 Å². The van der Waals surface area contributed by atoms with E-state index in [0.29, 0.717) is 6.61 Å². The molecule has 2 aromatic rings. The quantitative estimate of drug-likeness (QED) is 0.814. The molecule has 0 aliphatic carbocycles. The van der Waals surface area contributed by atoms with Crippen molar-refractivity contribution in [2.75, 3.05) is 19.7 Å². The second kappa shape index (κ2) is 9.50. The average molecular weight is 371 g/mol. The van der Waals surface area contributed by atoms with Gasteiger partial charge in [0.15, 0.2) is 0 Å². The van der Waals surface area contributed by atoms with Crippen molar-refractivity contribution in [1.82, 2.24) is 4.90 Å². The molecule has 1 aliphatic rings. The van der Waals surface area contributed by atoms with E-state index >= 15 is 0 Å². The molecule has 0 unspecified atom stereocenters. The van der Waals surface area contributed by atoms with Gasteiger partial charge < -0.3 is 24.6 Å². The topological polar surface area (TPSA) is 79.2 Å². The maximum Gasteiger partial charge on any atom is 0.410 e. The lowest BCUT2D eigenvalue weighted by molar-refractivity contribution is -0.117. The number of aliphatic hydroxyl groups is 2. The molecular weight excluding hydrogens is 346 g/mol. The fraction of sp³-hybridized carbons (Fsp3) is 0.381. The molecular formula is C21H25NO5. The predicted molar refractivity (Wildman–Crippen MR) is 99.8 cm³/mol. The Labute approximate surface area is 159 Å². The van der Waals surface area contributed by atoms with E-state index in [1.165, 1.54) is 4.90 Å². The first-order valence-corrected chi connectivity index (χ1v) is 9.07. The number of hydrogen-bond donors (Lipinski definition) is 2. The van der Waals surface area contributed by atoms with Gasteiger partial charge in [-0.3, -0.25) is 0 Å². The summed E-state index contributed by atoms with van der Waals surface area (Å²) in [6.45, 7) is 0.731. The van der Waals surface area contributed by atoms with Gasteiger partial charge in [-0.15, -0.1) is 0 Å². The molecule has 1 amide bonds. The van der Waals surface area contributed by atoms with Crippen LogP contribution >= 0.6 is 0 Å². The molecule has 6 heteroatoms. The summed E-state index contributed by atoms with van der Waals surface area (Å²) in [5.74, 6) is -0.469. The van der Waals surface area contributed by atoms with Crippen LogP contribution in [0.2, 0.25) is 0 Å². The van der Waals surface area contributed by atoms with E-state index in [9.17, 15) is 15.0 Å². The molecule has 27 heavy (non-hydrogen) atoms. The number of benzene rings is 2. The van der Waals surface area contributed by atoms with Crippen LogP contribution < -0.4 is 0 Å². The minimum Gasteiger partial charge on any atom is -0.445 e. The van der Waals surface area contributed by atoms with Gasteiger partial charge in [-0.1, -0.05) is 60.7 Å². The zero-order valence-electron chi connectivity index (χ0n) is 15.1. The number of carbonyl (C=O) groups is 1. The fourth-order valence-electron chi connectivity index (χ4n) is 3.15. The van der Waals surface area contributed by atoms with Crippen molar-refractivity contribution in [2.24, 2.45) is 5.92 Å². The van der Waals surface area contributed by atoms with Crippen molar-refractivity contribution >= 4 is 6.09 Å². The van der Waals surface area contributed by atoms with Crippen LogP contribution in [0, 0.1) is 5.92 Å². The molecule has 0 aromatic heterocycles. The fourth-order valence-corrected chi connectivity index (χ4v) is 3.15. The number of hydrogen-bond acceptors (Lipinski definition) is 5. The summed E-state index contributed by atoms with van der Waals surface area (Å²) in [6.07, 6.45) is -1.89. The van der Waals surface area contributed by atoms with E-state index < -0.39 is 24.2 Å². The third-order valence-electron chi connectivity index (χ3n) is 4.72.